The monoisotopic (exact) mass is 300 g/mol. The first-order valence-electron chi connectivity index (χ1n) is 7.73. The van der Waals surface area contributed by atoms with E-state index in [1.807, 2.05) is 19.1 Å². The van der Waals surface area contributed by atoms with Crippen LogP contribution in [-0.2, 0) is 0 Å². The minimum absolute atomic E-state index is 0.263. The van der Waals surface area contributed by atoms with Crippen LogP contribution in [0, 0.1) is 18.7 Å². The molecule has 2 aromatic rings. The molecule has 1 aromatic heterocycles. The van der Waals surface area contributed by atoms with Gasteiger partial charge in [0.05, 0.1) is 0 Å². The standard InChI is InChI=1S/C17H21FN4/c1-12-6-8-22(9-7-12)17-11-16(19-13(2)20-17)21-15-5-3-4-14(18)10-15/h3-5,10-12H,6-9H2,1-2H3,(H,19,20,21). The van der Waals surface area contributed by atoms with Gasteiger partial charge in [-0.15, -0.1) is 0 Å². The SMILES string of the molecule is Cc1nc(Nc2cccc(F)c2)cc(N2CCC(C)CC2)n1. The van der Waals surface area contributed by atoms with Crippen molar-refractivity contribution >= 4 is 17.3 Å². The van der Waals surface area contributed by atoms with E-state index in [0.717, 1.165) is 30.6 Å². The molecule has 1 aromatic carbocycles. The Morgan fingerprint density at radius 3 is 2.68 bits per heavy atom. The topological polar surface area (TPSA) is 41.1 Å². The third-order valence-electron chi connectivity index (χ3n) is 4.03. The van der Waals surface area contributed by atoms with E-state index in [1.54, 1.807) is 6.07 Å². The van der Waals surface area contributed by atoms with Crippen molar-refractivity contribution < 1.29 is 4.39 Å². The Bertz CT molecular complexity index is 651. The molecule has 1 N–H and O–H groups in total. The molecular formula is C17H21FN4. The summed E-state index contributed by atoms with van der Waals surface area (Å²) < 4.78 is 13.3. The van der Waals surface area contributed by atoms with Gasteiger partial charge in [-0.2, -0.15) is 0 Å². The number of rotatable bonds is 3. The number of hydrogen-bond donors (Lipinski definition) is 1. The summed E-state index contributed by atoms with van der Waals surface area (Å²) in [6, 6.07) is 8.33. The Morgan fingerprint density at radius 2 is 1.95 bits per heavy atom. The summed E-state index contributed by atoms with van der Waals surface area (Å²) in [4.78, 5) is 11.2. The van der Waals surface area contributed by atoms with Crippen LogP contribution in [0.3, 0.4) is 0 Å². The van der Waals surface area contributed by atoms with Gasteiger partial charge in [-0.05, 0) is 43.9 Å². The highest BCUT2D eigenvalue weighted by molar-refractivity contribution is 5.59. The molecule has 1 aliphatic heterocycles. The molecular weight excluding hydrogens is 279 g/mol. The molecule has 116 valence electrons. The van der Waals surface area contributed by atoms with Gasteiger partial charge in [-0.1, -0.05) is 13.0 Å². The Morgan fingerprint density at radius 1 is 1.18 bits per heavy atom. The first kappa shape index (κ1) is 14.8. The van der Waals surface area contributed by atoms with E-state index < -0.39 is 0 Å². The molecule has 0 amide bonds. The van der Waals surface area contributed by atoms with E-state index in [1.165, 1.54) is 25.0 Å². The van der Waals surface area contributed by atoms with Gasteiger partial charge >= 0.3 is 0 Å². The van der Waals surface area contributed by atoms with Gasteiger partial charge in [0, 0.05) is 24.8 Å². The van der Waals surface area contributed by atoms with Crippen molar-refractivity contribution in [3.8, 4) is 0 Å². The lowest BCUT2D eigenvalue weighted by Crippen LogP contribution is -2.33. The zero-order chi connectivity index (χ0) is 15.5. The molecule has 3 rings (SSSR count). The van der Waals surface area contributed by atoms with Crippen LogP contribution in [-0.4, -0.2) is 23.1 Å². The molecule has 0 spiro atoms. The van der Waals surface area contributed by atoms with E-state index in [9.17, 15) is 4.39 Å². The van der Waals surface area contributed by atoms with Gasteiger partial charge in [0.2, 0.25) is 0 Å². The van der Waals surface area contributed by atoms with Crippen molar-refractivity contribution in [2.75, 3.05) is 23.3 Å². The first-order valence-corrected chi connectivity index (χ1v) is 7.73. The normalized spacial score (nSPS) is 15.9. The van der Waals surface area contributed by atoms with Gasteiger partial charge in [0.25, 0.3) is 0 Å². The third kappa shape index (κ3) is 3.53. The van der Waals surface area contributed by atoms with Gasteiger partial charge < -0.3 is 10.2 Å². The number of nitrogens with zero attached hydrogens (tertiary/aromatic N) is 3. The zero-order valence-corrected chi connectivity index (χ0v) is 13.0. The van der Waals surface area contributed by atoms with Crippen molar-refractivity contribution in [1.82, 2.24) is 9.97 Å². The van der Waals surface area contributed by atoms with E-state index in [-0.39, 0.29) is 5.82 Å². The molecule has 0 aliphatic carbocycles. The third-order valence-corrected chi connectivity index (χ3v) is 4.03. The van der Waals surface area contributed by atoms with Crippen LogP contribution in [0.5, 0.6) is 0 Å². The van der Waals surface area contributed by atoms with E-state index in [4.69, 9.17) is 0 Å². The lowest BCUT2D eigenvalue weighted by Gasteiger charge is -2.31. The van der Waals surface area contributed by atoms with Gasteiger partial charge in [-0.3, -0.25) is 0 Å². The molecule has 1 aliphatic rings. The minimum Gasteiger partial charge on any atom is -0.356 e. The molecule has 1 saturated heterocycles. The number of aromatic nitrogens is 2. The van der Waals surface area contributed by atoms with Crippen molar-refractivity contribution in [3.63, 3.8) is 0 Å². The second-order valence-corrected chi connectivity index (χ2v) is 5.96. The van der Waals surface area contributed by atoms with Crippen LogP contribution in [0.15, 0.2) is 30.3 Å². The molecule has 2 heterocycles. The van der Waals surface area contributed by atoms with Crippen LogP contribution < -0.4 is 10.2 Å². The van der Waals surface area contributed by atoms with Crippen molar-refractivity contribution in [3.05, 3.63) is 42.0 Å². The highest BCUT2D eigenvalue weighted by Crippen LogP contribution is 2.24. The number of aryl methyl sites for hydroxylation is 1. The van der Waals surface area contributed by atoms with Crippen LogP contribution in [0.4, 0.5) is 21.7 Å². The highest BCUT2D eigenvalue weighted by Gasteiger charge is 2.18. The summed E-state index contributed by atoms with van der Waals surface area (Å²) in [7, 11) is 0. The van der Waals surface area contributed by atoms with Crippen molar-refractivity contribution in [2.45, 2.75) is 26.7 Å². The first-order chi connectivity index (χ1) is 10.6. The molecule has 1 fully saturated rings. The lowest BCUT2D eigenvalue weighted by atomic mass is 9.99. The number of benzene rings is 1. The molecule has 22 heavy (non-hydrogen) atoms. The molecule has 0 radical (unpaired) electrons. The van der Waals surface area contributed by atoms with E-state index in [2.05, 4.69) is 27.1 Å². The summed E-state index contributed by atoms with van der Waals surface area (Å²) in [6.45, 7) is 6.22. The predicted octanol–water partition coefficient (Wildman–Crippen LogP) is 3.90. The fourth-order valence-electron chi connectivity index (χ4n) is 2.73. The quantitative estimate of drug-likeness (QED) is 0.933. The largest absolute Gasteiger partial charge is 0.356 e. The van der Waals surface area contributed by atoms with Crippen LogP contribution in [0.2, 0.25) is 0 Å². The Labute approximate surface area is 130 Å². The number of hydrogen-bond acceptors (Lipinski definition) is 4. The Hall–Kier alpha value is -2.17. The average Bonchev–Trinajstić information content (AvgIpc) is 2.47. The molecule has 0 bridgehead atoms. The fourth-order valence-corrected chi connectivity index (χ4v) is 2.73. The molecule has 0 atom stereocenters. The van der Waals surface area contributed by atoms with Crippen molar-refractivity contribution in [2.24, 2.45) is 5.92 Å². The average molecular weight is 300 g/mol. The number of piperidine rings is 1. The molecule has 0 saturated carbocycles. The lowest BCUT2D eigenvalue weighted by molar-refractivity contribution is 0.436. The van der Waals surface area contributed by atoms with Gasteiger partial charge in [-0.25, -0.2) is 14.4 Å². The van der Waals surface area contributed by atoms with Crippen LogP contribution in [0.1, 0.15) is 25.6 Å². The number of anilines is 3. The maximum Gasteiger partial charge on any atom is 0.136 e. The smallest absolute Gasteiger partial charge is 0.136 e. The Kier molecular flexibility index (Phi) is 4.22. The highest BCUT2D eigenvalue weighted by atomic mass is 19.1. The van der Waals surface area contributed by atoms with E-state index in [0.29, 0.717) is 11.5 Å². The van der Waals surface area contributed by atoms with E-state index >= 15 is 0 Å². The maximum absolute atomic E-state index is 13.3. The van der Waals surface area contributed by atoms with Crippen LogP contribution >= 0.6 is 0 Å². The second-order valence-electron chi connectivity index (χ2n) is 5.96. The maximum atomic E-state index is 13.3. The van der Waals surface area contributed by atoms with Gasteiger partial charge in [0.15, 0.2) is 0 Å². The summed E-state index contributed by atoms with van der Waals surface area (Å²) >= 11 is 0. The predicted molar refractivity (Wildman–Crippen MR) is 87.1 cm³/mol. The zero-order valence-electron chi connectivity index (χ0n) is 13.0. The second kappa shape index (κ2) is 6.30. The summed E-state index contributed by atoms with van der Waals surface area (Å²) in [6.07, 6.45) is 2.38. The summed E-state index contributed by atoms with van der Waals surface area (Å²) in [5.41, 5.74) is 0.691. The number of halogens is 1. The summed E-state index contributed by atoms with van der Waals surface area (Å²) in [5.74, 6) is 2.88. The van der Waals surface area contributed by atoms with Gasteiger partial charge in [0.1, 0.15) is 23.3 Å². The van der Waals surface area contributed by atoms with Crippen LogP contribution in [0.25, 0.3) is 0 Å². The Balaban J connectivity index is 1.80. The minimum atomic E-state index is -0.263. The number of nitrogens with one attached hydrogen (secondary N) is 1. The molecule has 4 nitrogen and oxygen atoms in total. The summed E-state index contributed by atoms with van der Waals surface area (Å²) in [5, 5.41) is 3.16. The fraction of sp³-hybridized carbons (Fsp3) is 0.412. The van der Waals surface area contributed by atoms with Crippen molar-refractivity contribution in [1.29, 1.82) is 0 Å². The molecule has 0 unspecified atom stereocenters. The molecule has 5 heteroatoms.